The Morgan fingerprint density at radius 2 is 2.25 bits per heavy atom. The summed E-state index contributed by atoms with van der Waals surface area (Å²) in [5.74, 6) is 1.04. The number of nitrogens with zero attached hydrogens (tertiary/aromatic N) is 3. The van der Waals surface area contributed by atoms with E-state index in [1.165, 1.54) is 24.4 Å². The van der Waals surface area contributed by atoms with Crippen LogP contribution >= 0.6 is 11.5 Å². The zero-order valence-corrected chi connectivity index (χ0v) is 10.4. The van der Waals surface area contributed by atoms with E-state index in [0.717, 1.165) is 11.5 Å². The summed E-state index contributed by atoms with van der Waals surface area (Å²) >= 11 is 1.34. The van der Waals surface area contributed by atoms with Crippen molar-refractivity contribution in [3.05, 3.63) is 5.56 Å². The number of nitrogens with two attached hydrogens (primary N) is 1. The van der Waals surface area contributed by atoms with E-state index in [1.807, 2.05) is 0 Å². The highest BCUT2D eigenvalue weighted by atomic mass is 32.1. The van der Waals surface area contributed by atoms with Gasteiger partial charge in [-0.25, -0.2) is 0 Å². The largest absolute Gasteiger partial charge is 0.382 e. The molecule has 5 heteroatoms. The lowest BCUT2D eigenvalue weighted by Crippen LogP contribution is -2.41. The van der Waals surface area contributed by atoms with E-state index in [9.17, 15) is 0 Å². The molecule has 2 atom stereocenters. The third kappa shape index (κ3) is 1.85. The summed E-state index contributed by atoms with van der Waals surface area (Å²) in [5.41, 5.74) is 6.24. The van der Waals surface area contributed by atoms with Crippen molar-refractivity contribution in [3.8, 4) is 6.07 Å². The average Bonchev–Trinajstić information content (AvgIpc) is 2.63. The van der Waals surface area contributed by atoms with Crippen molar-refractivity contribution in [2.45, 2.75) is 32.7 Å². The van der Waals surface area contributed by atoms with Crippen molar-refractivity contribution < 1.29 is 0 Å². The quantitative estimate of drug-likeness (QED) is 0.812. The van der Waals surface area contributed by atoms with E-state index < -0.39 is 0 Å². The molecule has 1 aromatic heterocycles. The molecule has 0 amide bonds. The number of hydrogen-bond donors (Lipinski definition) is 1. The molecule has 1 aromatic rings. The minimum absolute atomic E-state index is 0.368. The van der Waals surface area contributed by atoms with Gasteiger partial charge in [-0.15, -0.1) is 0 Å². The first-order valence-electron chi connectivity index (χ1n) is 5.55. The molecule has 0 saturated carbocycles. The fraction of sp³-hybridized carbons (Fsp3) is 0.636. The molecular weight excluding hydrogens is 220 g/mol. The lowest BCUT2D eigenvalue weighted by atomic mass is 9.95. The Bertz CT molecular complexity index is 420. The smallest absolute Gasteiger partial charge is 0.157 e. The van der Waals surface area contributed by atoms with E-state index >= 15 is 0 Å². The highest BCUT2D eigenvalue weighted by Gasteiger charge is 2.27. The summed E-state index contributed by atoms with van der Waals surface area (Å²) in [6.45, 7) is 5.44. The average molecular weight is 236 g/mol. The predicted octanol–water partition coefficient (Wildman–Crippen LogP) is 2.22. The van der Waals surface area contributed by atoms with Gasteiger partial charge in [0.2, 0.25) is 0 Å². The van der Waals surface area contributed by atoms with Gasteiger partial charge >= 0.3 is 0 Å². The van der Waals surface area contributed by atoms with Gasteiger partial charge in [0, 0.05) is 12.6 Å². The van der Waals surface area contributed by atoms with Gasteiger partial charge in [0.15, 0.2) is 5.82 Å². The van der Waals surface area contributed by atoms with E-state index in [-0.39, 0.29) is 0 Å². The van der Waals surface area contributed by atoms with Gasteiger partial charge in [0.1, 0.15) is 16.6 Å². The third-order valence-electron chi connectivity index (χ3n) is 3.19. The van der Waals surface area contributed by atoms with Crippen molar-refractivity contribution in [2.75, 3.05) is 17.2 Å². The Balaban J connectivity index is 2.32. The van der Waals surface area contributed by atoms with Crippen molar-refractivity contribution in [2.24, 2.45) is 5.92 Å². The standard InChI is InChI=1S/C11H16N4S/c1-7-3-4-8(2)15(6-7)11-9(5-12)10(13)14-16-11/h7-8H,3-4,6H2,1-2H3,(H2,13,14). The molecule has 1 fully saturated rings. The summed E-state index contributed by atoms with van der Waals surface area (Å²) in [5, 5.41) is 10.0. The van der Waals surface area contributed by atoms with Crippen LogP contribution in [-0.4, -0.2) is 17.0 Å². The topological polar surface area (TPSA) is 65.9 Å². The van der Waals surface area contributed by atoms with Crippen LogP contribution in [0.5, 0.6) is 0 Å². The molecule has 2 rings (SSSR count). The Morgan fingerprint density at radius 3 is 2.94 bits per heavy atom. The number of anilines is 2. The van der Waals surface area contributed by atoms with Gasteiger partial charge in [0.05, 0.1) is 0 Å². The lowest BCUT2D eigenvalue weighted by Gasteiger charge is -2.37. The minimum atomic E-state index is 0.368. The molecule has 0 aliphatic carbocycles. The molecule has 1 aliphatic rings. The van der Waals surface area contributed by atoms with Crippen molar-refractivity contribution in [3.63, 3.8) is 0 Å². The SMILES string of the molecule is CC1CCC(C)N(c2snc(N)c2C#N)C1. The van der Waals surface area contributed by atoms with Gasteiger partial charge in [-0.2, -0.15) is 9.64 Å². The maximum Gasteiger partial charge on any atom is 0.157 e. The Hall–Kier alpha value is -1.28. The lowest BCUT2D eigenvalue weighted by molar-refractivity contribution is 0.392. The monoisotopic (exact) mass is 236 g/mol. The van der Waals surface area contributed by atoms with Crippen molar-refractivity contribution in [1.82, 2.24) is 4.37 Å². The predicted molar refractivity (Wildman–Crippen MR) is 66.4 cm³/mol. The Morgan fingerprint density at radius 1 is 1.50 bits per heavy atom. The zero-order chi connectivity index (χ0) is 11.7. The summed E-state index contributed by atoms with van der Waals surface area (Å²) in [4.78, 5) is 2.28. The highest BCUT2D eigenvalue weighted by Crippen LogP contribution is 2.35. The number of hydrogen-bond acceptors (Lipinski definition) is 5. The Kier molecular flexibility index (Phi) is 3.01. The molecule has 2 heterocycles. The fourth-order valence-electron chi connectivity index (χ4n) is 2.17. The summed E-state index contributed by atoms with van der Waals surface area (Å²) < 4.78 is 4.08. The first kappa shape index (κ1) is 11.2. The van der Waals surface area contributed by atoms with Crippen LogP contribution < -0.4 is 10.6 Å². The van der Waals surface area contributed by atoms with Gasteiger partial charge in [0.25, 0.3) is 0 Å². The van der Waals surface area contributed by atoms with Crippen LogP contribution in [0.15, 0.2) is 0 Å². The molecule has 16 heavy (non-hydrogen) atoms. The van der Waals surface area contributed by atoms with E-state index in [0.29, 0.717) is 23.3 Å². The van der Waals surface area contributed by atoms with Crippen LogP contribution in [0.1, 0.15) is 32.3 Å². The fourth-order valence-corrected chi connectivity index (χ4v) is 3.04. The van der Waals surface area contributed by atoms with Crippen LogP contribution in [-0.2, 0) is 0 Å². The number of nitriles is 1. The maximum absolute atomic E-state index is 9.08. The van der Waals surface area contributed by atoms with E-state index in [2.05, 4.69) is 29.2 Å². The van der Waals surface area contributed by atoms with Gasteiger partial charge in [-0.05, 0) is 37.2 Å². The first-order chi connectivity index (χ1) is 7.63. The molecule has 0 bridgehead atoms. The second-order valence-corrected chi connectivity index (χ2v) is 5.30. The molecule has 2 unspecified atom stereocenters. The molecule has 86 valence electrons. The normalized spacial score (nSPS) is 25.4. The molecule has 0 radical (unpaired) electrons. The van der Waals surface area contributed by atoms with Crippen LogP contribution in [0.4, 0.5) is 10.8 Å². The van der Waals surface area contributed by atoms with Gasteiger partial charge in [-0.1, -0.05) is 6.92 Å². The molecule has 1 saturated heterocycles. The maximum atomic E-state index is 9.08. The van der Waals surface area contributed by atoms with Crippen molar-refractivity contribution in [1.29, 1.82) is 5.26 Å². The molecule has 2 N–H and O–H groups in total. The summed E-state index contributed by atoms with van der Waals surface area (Å²) in [6, 6.07) is 2.63. The summed E-state index contributed by atoms with van der Waals surface area (Å²) in [7, 11) is 0. The first-order valence-corrected chi connectivity index (χ1v) is 6.32. The zero-order valence-electron chi connectivity index (χ0n) is 9.60. The van der Waals surface area contributed by atoms with Crippen LogP contribution in [0, 0.1) is 17.2 Å². The van der Waals surface area contributed by atoms with Crippen LogP contribution in [0.25, 0.3) is 0 Å². The number of rotatable bonds is 1. The molecule has 1 aliphatic heterocycles. The highest BCUT2D eigenvalue weighted by molar-refractivity contribution is 7.10. The van der Waals surface area contributed by atoms with Crippen molar-refractivity contribution >= 4 is 22.4 Å². The molecule has 4 nitrogen and oxygen atoms in total. The molecule has 0 aromatic carbocycles. The minimum Gasteiger partial charge on any atom is -0.382 e. The molecular formula is C11H16N4S. The second kappa shape index (κ2) is 4.30. The van der Waals surface area contributed by atoms with E-state index in [1.54, 1.807) is 0 Å². The van der Waals surface area contributed by atoms with Gasteiger partial charge < -0.3 is 10.6 Å². The molecule has 0 spiro atoms. The number of piperidine rings is 1. The third-order valence-corrected chi connectivity index (χ3v) is 4.09. The van der Waals surface area contributed by atoms with Gasteiger partial charge in [-0.3, -0.25) is 0 Å². The second-order valence-electron chi connectivity index (χ2n) is 4.54. The van der Waals surface area contributed by atoms with Crippen LogP contribution in [0.2, 0.25) is 0 Å². The summed E-state index contributed by atoms with van der Waals surface area (Å²) in [6.07, 6.45) is 2.43. The number of aromatic nitrogens is 1. The Labute approximate surface area is 99.8 Å². The van der Waals surface area contributed by atoms with E-state index in [4.69, 9.17) is 11.0 Å². The number of nitrogen functional groups attached to an aromatic ring is 1. The van der Waals surface area contributed by atoms with Crippen LogP contribution in [0.3, 0.4) is 0 Å².